The van der Waals surface area contributed by atoms with Crippen LogP contribution in [-0.2, 0) is 30.1 Å². The van der Waals surface area contributed by atoms with Crippen molar-refractivity contribution in [3.63, 3.8) is 0 Å². The number of ether oxygens (including phenoxy) is 1. The Hall–Kier alpha value is -3.25. The maximum Gasteiger partial charge on any atom is 0.365 e. The Bertz CT molecular complexity index is 1450. The largest absolute Gasteiger partial charge is 0.461 e. The molecule has 3 aromatic rings. The van der Waals surface area contributed by atoms with E-state index in [0.29, 0.717) is 16.9 Å². The first kappa shape index (κ1) is 31.7. The van der Waals surface area contributed by atoms with Crippen LogP contribution in [0.1, 0.15) is 37.4 Å². The Morgan fingerprint density at radius 1 is 1.02 bits per heavy atom. The fraction of sp³-hybridized carbons (Fsp3) is 0.355. The van der Waals surface area contributed by atoms with Gasteiger partial charge in [0, 0.05) is 24.6 Å². The maximum atomic E-state index is 13.6. The predicted molar refractivity (Wildman–Crippen MR) is 162 cm³/mol. The van der Waals surface area contributed by atoms with E-state index in [1.807, 2.05) is 56.3 Å². The Kier molecular flexibility index (Phi) is 10.8. The molecule has 3 unspecified atom stereocenters. The second-order valence-electron chi connectivity index (χ2n) is 10.6. The van der Waals surface area contributed by atoms with Gasteiger partial charge in [0.2, 0.25) is 15.9 Å². The number of sulfonamides is 1. The number of hydrogen-bond acceptors (Lipinski definition) is 6. The van der Waals surface area contributed by atoms with Gasteiger partial charge in [-0.05, 0) is 34.4 Å². The average molecular weight is 615 g/mol. The van der Waals surface area contributed by atoms with E-state index in [0.717, 1.165) is 11.1 Å². The summed E-state index contributed by atoms with van der Waals surface area (Å²) >= 11 is 1.25. The molecule has 42 heavy (non-hydrogen) atoms. The van der Waals surface area contributed by atoms with E-state index in [2.05, 4.69) is 11.1 Å². The zero-order chi connectivity index (χ0) is 30.3. The van der Waals surface area contributed by atoms with Crippen molar-refractivity contribution in [1.82, 2.24) is 9.62 Å². The van der Waals surface area contributed by atoms with Crippen LogP contribution in [0.3, 0.4) is 0 Å². The average Bonchev–Trinajstić information content (AvgIpc) is 3.49. The second kappa shape index (κ2) is 14.3. The molecular formula is C31H37FN3O5S2+. The Morgan fingerprint density at radius 2 is 1.67 bits per heavy atom. The number of esters is 1. The summed E-state index contributed by atoms with van der Waals surface area (Å²) in [6.07, 6.45) is 0.228. The lowest BCUT2D eigenvalue weighted by Crippen LogP contribution is -2.67. The summed E-state index contributed by atoms with van der Waals surface area (Å²) in [6.45, 7) is 3.98. The molecule has 1 fully saturated rings. The zero-order valence-corrected chi connectivity index (χ0v) is 25.4. The van der Waals surface area contributed by atoms with E-state index in [9.17, 15) is 22.4 Å². The molecule has 0 spiro atoms. The number of amides is 1. The third-order valence-electron chi connectivity index (χ3n) is 7.19. The minimum atomic E-state index is -3.81. The summed E-state index contributed by atoms with van der Waals surface area (Å²) in [4.78, 5) is 25.7. The number of carbonyl (C=O) groups is 2. The van der Waals surface area contributed by atoms with E-state index in [-0.39, 0.29) is 31.2 Å². The van der Waals surface area contributed by atoms with Crippen molar-refractivity contribution < 1.29 is 32.9 Å². The number of nitrogens with one attached hydrogen (secondary N) is 1. The van der Waals surface area contributed by atoms with Gasteiger partial charge >= 0.3 is 5.97 Å². The van der Waals surface area contributed by atoms with E-state index in [1.165, 1.54) is 28.2 Å². The number of rotatable bonds is 12. The predicted octanol–water partition coefficient (Wildman–Crippen LogP) is 3.75. The summed E-state index contributed by atoms with van der Waals surface area (Å²) in [5, 5.41) is 1.97. The van der Waals surface area contributed by atoms with E-state index in [1.54, 1.807) is 24.3 Å². The van der Waals surface area contributed by atoms with Gasteiger partial charge in [-0.1, -0.05) is 80.6 Å². The highest BCUT2D eigenvalue weighted by Crippen LogP contribution is 2.30. The van der Waals surface area contributed by atoms with Gasteiger partial charge in [0.15, 0.2) is 6.04 Å². The van der Waals surface area contributed by atoms with Crippen LogP contribution in [0.4, 0.5) is 4.39 Å². The molecule has 0 saturated carbocycles. The Morgan fingerprint density at radius 3 is 2.31 bits per heavy atom. The topological polar surface area (TPSA) is 120 Å². The van der Waals surface area contributed by atoms with Gasteiger partial charge in [0.25, 0.3) is 0 Å². The number of benzene rings is 3. The fourth-order valence-corrected chi connectivity index (χ4v) is 7.82. The smallest absolute Gasteiger partial charge is 0.365 e. The van der Waals surface area contributed by atoms with Crippen molar-refractivity contribution in [2.45, 2.75) is 43.5 Å². The number of halogens is 1. The molecule has 1 heterocycles. The molecule has 0 aliphatic carbocycles. The molecule has 1 aliphatic rings. The summed E-state index contributed by atoms with van der Waals surface area (Å²) in [5.74, 6) is -1.07. The van der Waals surface area contributed by atoms with Crippen molar-refractivity contribution in [3.8, 4) is 11.1 Å². The van der Waals surface area contributed by atoms with Crippen molar-refractivity contribution in [1.29, 1.82) is 0 Å². The molecule has 11 heteroatoms. The third-order valence-corrected chi connectivity index (χ3v) is 10.3. The van der Waals surface area contributed by atoms with Gasteiger partial charge in [-0.2, -0.15) is 4.31 Å². The summed E-state index contributed by atoms with van der Waals surface area (Å²) < 4.78 is 47.2. The molecule has 1 amide bonds. The van der Waals surface area contributed by atoms with Gasteiger partial charge in [-0.25, -0.2) is 17.6 Å². The molecule has 0 aromatic heterocycles. The van der Waals surface area contributed by atoms with Gasteiger partial charge in [-0.3, -0.25) is 4.79 Å². The maximum absolute atomic E-state index is 13.6. The fourth-order valence-electron chi connectivity index (χ4n) is 4.58. The Labute approximate surface area is 250 Å². The SMILES string of the molecule is CC(C)C([NH3+])C(=O)OCCC(NC(=O)C1SCCN1S(=O)(=O)Cc1ccc(-c2ccccc2)cc1)c1ccc(F)cc1. The first-order valence-corrected chi connectivity index (χ1v) is 16.5. The lowest BCUT2D eigenvalue weighted by molar-refractivity contribution is -0.418. The van der Waals surface area contributed by atoms with Crippen LogP contribution in [-0.4, -0.2) is 54.9 Å². The minimum Gasteiger partial charge on any atom is -0.461 e. The van der Waals surface area contributed by atoms with E-state index in [4.69, 9.17) is 4.74 Å². The van der Waals surface area contributed by atoms with Gasteiger partial charge in [-0.15, -0.1) is 11.8 Å². The first-order chi connectivity index (χ1) is 20.0. The molecule has 1 aliphatic heterocycles. The Balaban J connectivity index is 1.43. The van der Waals surface area contributed by atoms with Crippen LogP contribution in [0.5, 0.6) is 0 Å². The van der Waals surface area contributed by atoms with Gasteiger partial charge in [0.05, 0.1) is 18.4 Å². The summed E-state index contributed by atoms with van der Waals surface area (Å²) in [5.41, 5.74) is 7.10. The van der Waals surface area contributed by atoms with Crippen molar-refractivity contribution >= 4 is 33.7 Å². The molecule has 3 atom stereocenters. The minimum absolute atomic E-state index is 0.0126. The van der Waals surface area contributed by atoms with E-state index < -0.39 is 45.2 Å². The van der Waals surface area contributed by atoms with Crippen LogP contribution in [0.25, 0.3) is 11.1 Å². The van der Waals surface area contributed by atoms with Crippen LogP contribution >= 0.6 is 11.8 Å². The number of thioether (sulfide) groups is 1. The van der Waals surface area contributed by atoms with Crippen LogP contribution in [0.2, 0.25) is 0 Å². The first-order valence-electron chi connectivity index (χ1n) is 13.9. The highest BCUT2D eigenvalue weighted by Gasteiger charge is 2.40. The monoisotopic (exact) mass is 614 g/mol. The highest BCUT2D eigenvalue weighted by atomic mass is 32.2. The van der Waals surface area contributed by atoms with Crippen molar-refractivity contribution in [2.75, 3.05) is 18.9 Å². The van der Waals surface area contributed by atoms with Crippen molar-refractivity contribution in [3.05, 3.63) is 95.8 Å². The standard InChI is InChI=1S/C31H36FN3O5S2/c1-21(2)28(33)31(37)40-18-16-27(25-12-14-26(32)15-13-25)34-29(36)30-35(17-19-41-30)42(38,39)20-22-8-10-24(11-9-22)23-6-4-3-5-7-23/h3-15,21,27-28,30H,16-20,33H2,1-2H3,(H,34,36)/p+1. The molecule has 1 saturated heterocycles. The second-order valence-corrected chi connectivity index (χ2v) is 13.7. The van der Waals surface area contributed by atoms with Crippen molar-refractivity contribution in [2.24, 2.45) is 5.92 Å². The normalized spacial score (nSPS) is 17.1. The van der Waals surface area contributed by atoms with Gasteiger partial charge < -0.3 is 15.8 Å². The summed E-state index contributed by atoms with van der Waals surface area (Å²) in [6, 6.07) is 21.7. The highest BCUT2D eigenvalue weighted by molar-refractivity contribution is 8.02. The lowest BCUT2D eigenvalue weighted by Gasteiger charge is -2.26. The van der Waals surface area contributed by atoms with Crippen LogP contribution in [0.15, 0.2) is 78.9 Å². The lowest BCUT2D eigenvalue weighted by atomic mass is 10.0. The quantitative estimate of drug-likeness (QED) is 0.300. The number of hydrogen-bond donors (Lipinski definition) is 2. The molecule has 3 aromatic carbocycles. The van der Waals surface area contributed by atoms with Gasteiger partial charge in [0.1, 0.15) is 11.2 Å². The summed E-state index contributed by atoms with van der Waals surface area (Å²) in [7, 11) is -3.81. The molecule has 8 nitrogen and oxygen atoms in total. The number of carbonyl (C=O) groups excluding carboxylic acids is 2. The third kappa shape index (κ3) is 8.19. The van der Waals surface area contributed by atoms with Crippen LogP contribution in [0, 0.1) is 11.7 Å². The van der Waals surface area contributed by atoms with Crippen LogP contribution < -0.4 is 11.1 Å². The number of quaternary nitrogens is 1. The molecule has 224 valence electrons. The van der Waals surface area contributed by atoms with E-state index >= 15 is 0 Å². The molecule has 0 radical (unpaired) electrons. The number of nitrogens with zero attached hydrogens (tertiary/aromatic N) is 1. The zero-order valence-electron chi connectivity index (χ0n) is 23.7. The molecule has 4 N–H and O–H groups in total. The molecular weight excluding hydrogens is 577 g/mol. The molecule has 0 bridgehead atoms. The molecule has 4 rings (SSSR count).